The third-order valence-electron chi connectivity index (χ3n) is 2.77. The Morgan fingerprint density at radius 1 is 1.26 bits per heavy atom. The van der Waals surface area contributed by atoms with Gasteiger partial charge in [-0.05, 0) is 36.1 Å². The number of anilines is 1. The Bertz CT molecular complexity index is 735. The van der Waals surface area contributed by atoms with Gasteiger partial charge in [0.2, 0.25) is 5.82 Å². The van der Waals surface area contributed by atoms with Crippen molar-refractivity contribution in [3.8, 4) is 22.8 Å². The summed E-state index contributed by atoms with van der Waals surface area (Å²) in [7, 11) is 0. The molecule has 0 fully saturated rings. The lowest BCUT2D eigenvalue weighted by atomic mass is 10.2. The molecule has 0 saturated heterocycles. The van der Waals surface area contributed by atoms with Crippen LogP contribution in [0.5, 0.6) is 0 Å². The van der Waals surface area contributed by atoms with Gasteiger partial charge in [-0.2, -0.15) is 16.3 Å². The van der Waals surface area contributed by atoms with E-state index in [0.717, 1.165) is 21.2 Å². The SMILES string of the molecule is Cc1cscc1-c1noc(-c2cc(Br)ccc2N)n1. The highest BCUT2D eigenvalue weighted by Crippen LogP contribution is 2.31. The highest BCUT2D eigenvalue weighted by atomic mass is 79.9. The second kappa shape index (κ2) is 4.79. The van der Waals surface area contributed by atoms with Gasteiger partial charge in [0, 0.05) is 21.1 Å². The van der Waals surface area contributed by atoms with E-state index in [1.54, 1.807) is 17.4 Å². The summed E-state index contributed by atoms with van der Waals surface area (Å²) in [6.45, 7) is 2.02. The molecule has 0 radical (unpaired) electrons. The maximum Gasteiger partial charge on any atom is 0.260 e. The Labute approximate surface area is 122 Å². The summed E-state index contributed by atoms with van der Waals surface area (Å²) in [5.74, 6) is 1.02. The molecule has 6 heteroatoms. The van der Waals surface area contributed by atoms with Crippen molar-refractivity contribution in [1.82, 2.24) is 10.1 Å². The highest BCUT2D eigenvalue weighted by Gasteiger charge is 2.15. The Balaban J connectivity index is 2.06. The number of aromatic nitrogens is 2. The third-order valence-corrected chi connectivity index (χ3v) is 4.12. The molecule has 0 aliphatic rings. The molecule has 19 heavy (non-hydrogen) atoms. The maximum absolute atomic E-state index is 5.93. The quantitative estimate of drug-likeness (QED) is 0.715. The second-order valence-electron chi connectivity index (χ2n) is 4.12. The van der Waals surface area contributed by atoms with Crippen molar-refractivity contribution in [1.29, 1.82) is 0 Å². The molecular weight excluding hydrogens is 326 g/mol. The van der Waals surface area contributed by atoms with E-state index >= 15 is 0 Å². The first-order valence-electron chi connectivity index (χ1n) is 5.57. The van der Waals surface area contributed by atoms with Crippen molar-refractivity contribution in [3.63, 3.8) is 0 Å². The first kappa shape index (κ1) is 12.4. The zero-order valence-corrected chi connectivity index (χ0v) is 12.5. The van der Waals surface area contributed by atoms with Crippen molar-refractivity contribution in [3.05, 3.63) is 39.0 Å². The lowest BCUT2D eigenvalue weighted by molar-refractivity contribution is 0.432. The van der Waals surface area contributed by atoms with Crippen LogP contribution in [0.15, 0.2) is 38.0 Å². The number of hydrogen-bond donors (Lipinski definition) is 1. The van der Waals surface area contributed by atoms with Crippen LogP contribution < -0.4 is 5.73 Å². The van der Waals surface area contributed by atoms with E-state index in [0.29, 0.717) is 17.4 Å². The average Bonchev–Trinajstić information content (AvgIpc) is 3.00. The number of rotatable bonds is 2. The van der Waals surface area contributed by atoms with Gasteiger partial charge < -0.3 is 10.3 Å². The minimum Gasteiger partial charge on any atom is -0.398 e. The average molecular weight is 336 g/mol. The van der Waals surface area contributed by atoms with Crippen molar-refractivity contribution in [2.24, 2.45) is 0 Å². The molecule has 4 nitrogen and oxygen atoms in total. The van der Waals surface area contributed by atoms with Crippen LogP contribution >= 0.6 is 27.3 Å². The van der Waals surface area contributed by atoms with Crippen LogP contribution in [-0.4, -0.2) is 10.1 Å². The van der Waals surface area contributed by atoms with Gasteiger partial charge in [0.1, 0.15) is 0 Å². The van der Waals surface area contributed by atoms with Crippen molar-refractivity contribution in [2.75, 3.05) is 5.73 Å². The fourth-order valence-corrected chi connectivity index (χ4v) is 2.93. The van der Waals surface area contributed by atoms with Crippen LogP contribution in [0.2, 0.25) is 0 Å². The molecule has 0 spiro atoms. The van der Waals surface area contributed by atoms with Gasteiger partial charge in [0.15, 0.2) is 0 Å². The fourth-order valence-electron chi connectivity index (χ4n) is 1.75. The summed E-state index contributed by atoms with van der Waals surface area (Å²) in [5.41, 5.74) is 9.41. The van der Waals surface area contributed by atoms with E-state index in [2.05, 4.69) is 31.5 Å². The first-order chi connectivity index (χ1) is 9.15. The summed E-state index contributed by atoms with van der Waals surface area (Å²) < 4.78 is 6.23. The molecule has 0 bridgehead atoms. The van der Waals surface area contributed by atoms with Gasteiger partial charge in [-0.25, -0.2) is 0 Å². The third kappa shape index (κ3) is 2.29. The molecule has 2 N–H and O–H groups in total. The number of benzene rings is 1. The summed E-state index contributed by atoms with van der Waals surface area (Å²) in [6, 6.07) is 5.55. The summed E-state index contributed by atoms with van der Waals surface area (Å²) in [5, 5.41) is 8.08. The van der Waals surface area contributed by atoms with Gasteiger partial charge >= 0.3 is 0 Å². The first-order valence-corrected chi connectivity index (χ1v) is 7.31. The molecule has 0 atom stereocenters. The molecule has 2 aromatic heterocycles. The fraction of sp³-hybridized carbons (Fsp3) is 0.0769. The van der Waals surface area contributed by atoms with Gasteiger partial charge in [-0.3, -0.25) is 0 Å². The highest BCUT2D eigenvalue weighted by molar-refractivity contribution is 9.10. The summed E-state index contributed by atoms with van der Waals surface area (Å²) in [6.07, 6.45) is 0. The van der Waals surface area contributed by atoms with E-state index in [1.807, 2.05) is 24.4 Å². The number of thiophene rings is 1. The van der Waals surface area contributed by atoms with Gasteiger partial charge in [0.05, 0.1) is 5.56 Å². The molecule has 0 aliphatic heterocycles. The molecule has 1 aromatic carbocycles. The Kier molecular flexibility index (Phi) is 3.12. The van der Waals surface area contributed by atoms with Crippen molar-refractivity contribution < 1.29 is 4.52 Å². The van der Waals surface area contributed by atoms with E-state index < -0.39 is 0 Å². The Morgan fingerprint density at radius 3 is 2.84 bits per heavy atom. The number of nitrogen functional groups attached to an aromatic ring is 1. The van der Waals surface area contributed by atoms with E-state index in [-0.39, 0.29) is 0 Å². The molecular formula is C13H10BrN3OS. The summed E-state index contributed by atoms with van der Waals surface area (Å²) >= 11 is 5.02. The van der Waals surface area contributed by atoms with E-state index in [9.17, 15) is 0 Å². The largest absolute Gasteiger partial charge is 0.398 e. The molecule has 3 aromatic rings. The minimum absolute atomic E-state index is 0.430. The molecule has 0 unspecified atom stereocenters. The lowest BCUT2D eigenvalue weighted by Gasteiger charge is -2.00. The molecule has 3 rings (SSSR count). The number of halogens is 1. The van der Waals surface area contributed by atoms with Crippen LogP contribution in [-0.2, 0) is 0 Å². The van der Waals surface area contributed by atoms with Crippen molar-refractivity contribution >= 4 is 33.0 Å². The van der Waals surface area contributed by atoms with E-state index in [1.165, 1.54) is 0 Å². The predicted molar refractivity (Wildman–Crippen MR) is 79.9 cm³/mol. The predicted octanol–water partition coefficient (Wildman–Crippen LogP) is 4.12. The van der Waals surface area contributed by atoms with E-state index in [4.69, 9.17) is 10.3 Å². The van der Waals surface area contributed by atoms with Gasteiger partial charge in [0.25, 0.3) is 5.89 Å². The maximum atomic E-state index is 5.93. The topological polar surface area (TPSA) is 64.9 Å². The van der Waals surface area contributed by atoms with Crippen LogP contribution in [0.1, 0.15) is 5.56 Å². The Morgan fingerprint density at radius 2 is 2.11 bits per heavy atom. The lowest BCUT2D eigenvalue weighted by Crippen LogP contribution is -1.90. The number of hydrogen-bond acceptors (Lipinski definition) is 5. The smallest absolute Gasteiger partial charge is 0.260 e. The molecule has 0 amide bonds. The number of nitrogens with zero attached hydrogens (tertiary/aromatic N) is 2. The zero-order valence-electron chi connectivity index (χ0n) is 10.1. The standard InChI is InChI=1S/C13H10BrN3OS/c1-7-5-19-6-10(7)12-16-13(18-17-12)9-4-8(14)2-3-11(9)15/h2-6H,15H2,1H3. The Hall–Kier alpha value is -1.66. The summed E-state index contributed by atoms with van der Waals surface area (Å²) in [4.78, 5) is 4.41. The van der Waals surface area contributed by atoms with Gasteiger partial charge in [-0.15, -0.1) is 0 Å². The monoisotopic (exact) mass is 335 g/mol. The minimum atomic E-state index is 0.430. The van der Waals surface area contributed by atoms with Gasteiger partial charge in [-0.1, -0.05) is 21.1 Å². The van der Waals surface area contributed by atoms with Crippen molar-refractivity contribution in [2.45, 2.75) is 6.92 Å². The molecule has 0 saturated carbocycles. The van der Waals surface area contributed by atoms with Crippen LogP contribution in [0, 0.1) is 6.92 Å². The van der Waals surface area contributed by atoms with Crippen LogP contribution in [0.3, 0.4) is 0 Å². The normalized spacial score (nSPS) is 10.8. The second-order valence-corrected chi connectivity index (χ2v) is 5.78. The molecule has 0 aliphatic carbocycles. The number of aryl methyl sites for hydroxylation is 1. The van der Waals surface area contributed by atoms with Crippen LogP contribution in [0.25, 0.3) is 22.8 Å². The molecule has 2 heterocycles. The zero-order chi connectivity index (χ0) is 13.4. The number of nitrogens with two attached hydrogens (primary N) is 1. The van der Waals surface area contributed by atoms with Crippen LogP contribution in [0.4, 0.5) is 5.69 Å². The molecule has 96 valence electrons.